The van der Waals surface area contributed by atoms with Gasteiger partial charge in [-0.2, -0.15) is 5.10 Å². The molecule has 7 heteroatoms. The molecule has 0 unspecified atom stereocenters. The Labute approximate surface area is 173 Å². The molecular formula is C22H32N6O. The highest BCUT2D eigenvalue weighted by Gasteiger charge is 2.31. The van der Waals surface area contributed by atoms with E-state index in [1.54, 1.807) is 6.20 Å². The zero-order valence-corrected chi connectivity index (χ0v) is 17.1. The highest BCUT2D eigenvalue weighted by Crippen LogP contribution is 2.24. The Morgan fingerprint density at radius 1 is 1.14 bits per heavy atom. The molecule has 7 nitrogen and oxygen atoms in total. The molecule has 1 amide bonds. The van der Waals surface area contributed by atoms with Crippen molar-refractivity contribution in [3.8, 4) is 0 Å². The van der Waals surface area contributed by atoms with E-state index in [2.05, 4.69) is 31.3 Å². The van der Waals surface area contributed by atoms with Crippen molar-refractivity contribution in [2.75, 3.05) is 32.7 Å². The van der Waals surface area contributed by atoms with Crippen LogP contribution in [0.3, 0.4) is 0 Å². The van der Waals surface area contributed by atoms with E-state index in [1.807, 2.05) is 35.4 Å². The van der Waals surface area contributed by atoms with Crippen LogP contribution in [-0.2, 0) is 17.9 Å². The molecule has 2 saturated heterocycles. The summed E-state index contributed by atoms with van der Waals surface area (Å²) in [5.41, 5.74) is 1.29. The first-order valence-corrected chi connectivity index (χ1v) is 10.9. The SMILES string of the molecule is O=C(NCCn1cccn1)[C@@H]1CCCN(C2CCN(Cc3cccnc3)CC2)C1. The van der Waals surface area contributed by atoms with Gasteiger partial charge in [-0.1, -0.05) is 6.07 Å². The summed E-state index contributed by atoms with van der Waals surface area (Å²) >= 11 is 0. The van der Waals surface area contributed by atoms with E-state index in [-0.39, 0.29) is 11.8 Å². The summed E-state index contributed by atoms with van der Waals surface area (Å²) in [6.45, 7) is 6.63. The van der Waals surface area contributed by atoms with Crippen LogP contribution in [0.25, 0.3) is 0 Å². The average molecular weight is 397 g/mol. The molecule has 0 radical (unpaired) electrons. The smallest absolute Gasteiger partial charge is 0.224 e. The fourth-order valence-electron chi connectivity index (χ4n) is 4.62. The van der Waals surface area contributed by atoms with E-state index in [4.69, 9.17) is 0 Å². The van der Waals surface area contributed by atoms with Crippen molar-refractivity contribution < 1.29 is 4.79 Å². The molecule has 0 spiro atoms. The second-order valence-corrected chi connectivity index (χ2v) is 8.26. The third-order valence-corrected chi connectivity index (χ3v) is 6.23. The highest BCUT2D eigenvalue weighted by atomic mass is 16.1. The molecule has 1 atom stereocenters. The highest BCUT2D eigenvalue weighted by molar-refractivity contribution is 5.78. The summed E-state index contributed by atoms with van der Waals surface area (Å²) in [6.07, 6.45) is 12.0. The lowest BCUT2D eigenvalue weighted by molar-refractivity contribution is -0.127. The molecule has 156 valence electrons. The Hall–Kier alpha value is -2.25. The predicted octanol–water partition coefficient (Wildman–Crippen LogP) is 1.77. The third kappa shape index (κ3) is 5.64. The van der Waals surface area contributed by atoms with Gasteiger partial charge in [0.2, 0.25) is 5.91 Å². The Bertz CT molecular complexity index is 742. The van der Waals surface area contributed by atoms with Gasteiger partial charge in [-0.25, -0.2) is 0 Å². The minimum absolute atomic E-state index is 0.120. The van der Waals surface area contributed by atoms with Gasteiger partial charge >= 0.3 is 0 Å². The minimum Gasteiger partial charge on any atom is -0.354 e. The first-order chi connectivity index (χ1) is 14.3. The molecule has 4 rings (SSSR count). The molecule has 2 aliphatic rings. The van der Waals surface area contributed by atoms with Crippen LogP contribution in [0, 0.1) is 5.92 Å². The van der Waals surface area contributed by atoms with Crippen LogP contribution in [0.15, 0.2) is 43.0 Å². The van der Waals surface area contributed by atoms with Crippen LogP contribution in [0.4, 0.5) is 0 Å². The molecule has 0 bridgehead atoms. The second kappa shape index (κ2) is 9.98. The number of nitrogens with zero attached hydrogens (tertiary/aromatic N) is 5. The average Bonchev–Trinajstić information content (AvgIpc) is 3.29. The molecule has 0 saturated carbocycles. The largest absolute Gasteiger partial charge is 0.354 e. The zero-order valence-electron chi connectivity index (χ0n) is 17.1. The third-order valence-electron chi connectivity index (χ3n) is 6.23. The van der Waals surface area contributed by atoms with Crippen LogP contribution >= 0.6 is 0 Å². The van der Waals surface area contributed by atoms with Crippen LogP contribution in [0.5, 0.6) is 0 Å². The maximum Gasteiger partial charge on any atom is 0.224 e. The number of hydrogen-bond donors (Lipinski definition) is 1. The van der Waals surface area contributed by atoms with Crippen LogP contribution < -0.4 is 5.32 Å². The molecule has 2 aromatic rings. The van der Waals surface area contributed by atoms with Gasteiger partial charge in [0, 0.05) is 50.5 Å². The van der Waals surface area contributed by atoms with E-state index in [9.17, 15) is 4.79 Å². The van der Waals surface area contributed by atoms with Crippen molar-refractivity contribution in [3.63, 3.8) is 0 Å². The van der Waals surface area contributed by atoms with Crippen LogP contribution in [0.1, 0.15) is 31.2 Å². The first kappa shape index (κ1) is 20.0. The summed E-state index contributed by atoms with van der Waals surface area (Å²) in [6, 6.07) is 6.68. The van der Waals surface area contributed by atoms with Gasteiger partial charge in [0.15, 0.2) is 0 Å². The molecule has 29 heavy (non-hydrogen) atoms. The molecule has 0 aromatic carbocycles. The number of aromatic nitrogens is 3. The van der Waals surface area contributed by atoms with Crippen molar-refractivity contribution in [1.29, 1.82) is 0 Å². The van der Waals surface area contributed by atoms with E-state index < -0.39 is 0 Å². The Kier molecular flexibility index (Phi) is 6.90. The van der Waals surface area contributed by atoms with Gasteiger partial charge in [0.25, 0.3) is 0 Å². The molecule has 2 aromatic heterocycles. The number of likely N-dealkylation sites (tertiary alicyclic amines) is 2. The van der Waals surface area contributed by atoms with E-state index in [0.29, 0.717) is 12.6 Å². The van der Waals surface area contributed by atoms with Crippen molar-refractivity contribution >= 4 is 5.91 Å². The fourth-order valence-corrected chi connectivity index (χ4v) is 4.62. The topological polar surface area (TPSA) is 66.3 Å². The minimum atomic E-state index is 0.120. The standard InChI is InChI=1S/C22H32N6O/c29-22(24-10-15-28-12-3-9-25-28)20-5-2-11-27(18-20)21-6-13-26(14-7-21)17-19-4-1-8-23-16-19/h1,3-4,8-9,12,16,20-21H,2,5-7,10-11,13-15,17-18H2,(H,24,29)/t20-/m1/s1. The number of rotatable bonds is 7. The maximum absolute atomic E-state index is 12.6. The van der Waals surface area contributed by atoms with Gasteiger partial charge in [-0.3, -0.25) is 24.3 Å². The second-order valence-electron chi connectivity index (χ2n) is 8.26. The van der Waals surface area contributed by atoms with Gasteiger partial charge in [-0.05, 0) is 63.0 Å². The molecular weight excluding hydrogens is 364 g/mol. The number of piperidine rings is 2. The van der Waals surface area contributed by atoms with E-state index in [1.165, 1.54) is 18.4 Å². The van der Waals surface area contributed by atoms with Gasteiger partial charge < -0.3 is 5.32 Å². The lowest BCUT2D eigenvalue weighted by atomic mass is 9.93. The summed E-state index contributed by atoms with van der Waals surface area (Å²) < 4.78 is 1.85. The quantitative estimate of drug-likeness (QED) is 0.773. The predicted molar refractivity (Wildman–Crippen MR) is 112 cm³/mol. The molecule has 2 fully saturated rings. The number of hydrogen-bond acceptors (Lipinski definition) is 5. The Balaban J connectivity index is 1.20. The monoisotopic (exact) mass is 396 g/mol. The molecule has 1 N–H and O–H groups in total. The summed E-state index contributed by atoms with van der Waals surface area (Å²) in [5, 5.41) is 7.29. The number of carbonyl (C=O) groups excluding carboxylic acids is 1. The van der Waals surface area contributed by atoms with Crippen molar-refractivity contribution in [1.82, 2.24) is 29.9 Å². The fraction of sp³-hybridized carbons (Fsp3) is 0.591. The number of nitrogens with one attached hydrogen (secondary N) is 1. The zero-order chi connectivity index (χ0) is 19.9. The van der Waals surface area contributed by atoms with Gasteiger partial charge in [0.05, 0.1) is 12.5 Å². The van der Waals surface area contributed by atoms with Gasteiger partial charge in [0.1, 0.15) is 0 Å². The first-order valence-electron chi connectivity index (χ1n) is 10.9. The normalized spacial score (nSPS) is 21.9. The Morgan fingerprint density at radius 2 is 2.03 bits per heavy atom. The Morgan fingerprint density at radius 3 is 2.79 bits per heavy atom. The van der Waals surface area contributed by atoms with E-state index >= 15 is 0 Å². The molecule has 0 aliphatic carbocycles. The lowest BCUT2D eigenvalue weighted by Crippen LogP contribution is -2.50. The van der Waals surface area contributed by atoms with Crippen molar-refractivity contribution in [2.45, 2.75) is 44.8 Å². The number of carbonyl (C=O) groups is 1. The van der Waals surface area contributed by atoms with Crippen LogP contribution in [0.2, 0.25) is 0 Å². The lowest BCUT2D eigenvalue weighted by Gasteiger charge is -2.42. The summed E-state index contributed by atoms with van der Waals surface area (Å²) in [7, 11) is 0. The maximum atomic E-state index is 12.6. The number of pyridine rings is 1. The van der Waals surface area contributed by atoms with Crippen molar-refractivity contribution in [3.05, 3.63) is 48.5 Å². The van der Waals surface area contributed by atoms with E-state index in [0.717, 1.165) is 52.1 Å². The molecule has 4 heterocycles. The number of amides is 1. The summed E-state index contributed by atoms with van der Waals surface area (Å²) in [5.74, 6) is 0.325. The van der Waals surface area contributed by atoms with Crippen molar-refractivity contribution in [2.24, 2.45) is 5.92 Å². The molecule has 2 aliphatic heterocycles. The summed E-state index contributed by atoms with van der Waals surface area (Å²) in [4.78, 5) is 21.9. The van der Waals surface area contributed by atoms with Gasteiger partial charge in [-0.15, -0.1) is 0 Å². The van der Waals surface area contributed by atoms with Crippen LogP contribution in [-0.4, -0.2) is 69.2 Å².